The van der Waals surface area contributed by atoms with Crippen molar-refractivity contribution >= 4 is 43.6 Å². The molecule has 7 aromatic rings. The summed E-state index contributed by atoms with van der Waals surface area (Å²) in [6, 6.07) is 35.6. The van der Waals surface area contributed by atoms with Gasteiger partial charge in [0.05, 0.1) is 16.7 Å². The normalized spacial score (nSPS) is 11.6. The van der Waals surface area contributed by atoms with Crippen LogP contribution in [0.4, 0.5) is 0 Å². The minimum Gasteiger partial charge on any atom is -0.278 e. The van der Waals surface area contributed by atoms with Crippen molar-refractivity contribution in [2.45, 2.75) is 0 Å². The molecule has 3 heterocycles. The molecule has 0 spiro atoms. The molecule has 0 amide bonds. The third-order valence-corrected chi connectivity index (χ3v) is 6.25. The molecule has 154 valence electrons. The molecule has 0 aliphatic carbocycles. The molecule has 3 aromatic heterocycles. The molecule has 4 aromatic carbocycles. The molecule has 0 saturated heterocycles. The highest BCUT2D eigenvalue weighted by Crippen LogP contribution is 2.35. The summed E-state index contributed by atoms with van der Waals surface area (Å²) in [6.45, 7) is 0. The van der Waals surface area contributed by atoms with Crippen molar-refractivity contribution in [2.75, 3.05) is 0 Å². The van der Waals surface area contributed by atoms with Crippen LogP contribution in [0, 0.1) is 0 Å². The second-order valence-electron chi connectivity index (χ2n) is 8.18. The predicted molar refractivity (Wildman–Crippen MR) is 135 cm³/mol. The Bertz CT molecular complexity index is 1820. The van der Waals surface area contributed by atoms with Gasteiger partial charge in [-0.25, -0.2) is 9.97 Å². The Morgan fingerprint density at radius 2 is 1.27 bits per heavy atom. The van der Waals surface area contributed by atoms with Crippen molar-refractivity contribution in [3.8, 4) is 17.2 Å². The minimum atomic E-state index is 0.626. The number of hydrogen-bond acceptors (Lipinski definition) is 3. The zero-order valence-corrected chi connectivity index (χ0v) is 17.7. The lowest BCUT2D eigenvalue weighted by molar-refractivity contribution is 1.01. The highest BCUT2D eigenvalue weighted by molar-refractivity contribution is 6.13. The number of para-hydroxylation sites is 1. The minimum absolute atomic E-state index is 0.626. The highest BCUT2D eigenvalue weighted by Gasteiger charge is 2.17. The van der Waals surface area contributed by atoms with Gasteiger partial charge in [-0.2, -0.15) is 4.98 Å². The van der Waals surface area contributed by atoms with E-state index >= 15 is 0 Å². The van der Waals surface area contributed by atoms with Crippen LogP contribution < -0.4 is 0 Å². The van der Waals surface area contributed by atoms with Gasteiger partial charge < -0.3 is 0 Å². The van der Waals surface area contributed by atoms with E-state index in [1.54, 1.807) is 6.20 Å². The molecule has 0 radical (unpaired) electrons. The van der Waals surface area contributed by atoms with Crippen LogP contribution >= 0.6 is 0 Å². The Labute approximate surface area is 189 Å². The lowest BCUT2D eigenvalue weighted by atomic mass is 10.1. The Hall–Kier alpha value is -4.57. The summed E-state index contributed by atoms with van der Waals surface area (Å²) < 4.78 is 2.16. The van der Waals surface area contributed by atoms with Gasteiger partial charge in [0.1, 0.15) is 0 Å². The average molecular weight is 422 g/mol. The van der Waals surface area contributed by atoms with Crippen molar-refractivity contribution in [3.63, 3.8) is 0 Å². The molecule has 0 aliphatic heterocycles. The fourth-order valence-corrected chi connectivity index (χ4v) is 4.74. The van der Waals surface area contributed by atoms with Crippen LogP contribution in [0.15, 0.2) is 109 Å². The molecular weight excluding hydrogens is 404 g/mol. The maximum absolute atomic E-state index is 5.11. The van der Waals surface area contributed by atoms with Crippen molar-refractivity contribution in [3.05, 3.63) is 109 Å². The molecule has 0 saturated carbocycles. The van der Waals surface area contributed by atoms with E-state index in [0.717, 1.165) is 27.7 Å². The smallest absolute Gasteiger partial charge is 0.237 e. The summed E-state index contributed by atoms with van der Waals surface area (Å²) in [4.78, 5) is 14.6. The monoisotopic (exact) mass is 422 g/mol. The van der Waals surface area contributed by atoms with Crippen molar-refractivity contribution < 1.29 is 0 Å². The number of rotatable bonds is 2. The van der Waals surface area contributed by atoms with Gasteiger partial charge in [-0.05, 0) is 41.1 Å². The summed E-state index contributed by atoms with van der Waals surface area (Å²) in [5.41, 5.74) is 4.79. The standard InChI is InChI=1S/C29H18N4/c1-2-9-19(10-3-1)27-23-14-8-16-30-28(23)32-29(31-27)33-25-15-7-6-13-22(25)24-17-20-11-4-5-12-21(20)18-26(24)33/h1-18H. The molecule has 0 N–H and O–H groups in total. The SMILES string of the molecule is c1ccc(-c2nc(-n3c4ccccc4c4cc5ccccc5cc43)nc3ncccc23)cc1. The van der Waals surface area contributed by atoms with E-state index in [-0.39, 0.29) is 0 Å². The summed E-state index contributed by atoms with van der Waals surface area (Å²) in [7, 11) is 0. The Balaban J connectivity index is 1.63. The second-order valence-corrected chi connectivity index (χ2v) is 8.18. The largest absolute Gasteiger partial charge is 0.278 e. The van der Waals surface area contributed by atoms with Gasteiger partial charge >= 0.3 is 0 Å². The molecule has 0 aliphatic rings. The van der Waals surface area contributed by atoms with E-state index in [2.05, 4.69) is 82.3 Å². The Morgan fingerprint density at radius 1 is 0.545 bits per heavy atom. The molecule has 0 atom stereocenters. The highest BCUT2D eigenvalue weighted by atomic mass is 15.2. The third kappa shape index (κ3) is 2.74. The zero-order chi connectivity index (χ0) is 21.8. The quantitative estimate of drug-likeness (QED) is 0.303. The van der Waals surface area contributed by atoms with Crippen LogP contribution in [-0.2, 0) is 0 Å². The van der Waals surface area contributed by atoms with E-state index in [1.165, 1.54) is 21.5 Å². The van der Waals surface area contributed by atoms with E-state index in [9.17, 15) is 0 Å². The number of hydrogen-bond donors (Lipinski definition) is 0. The summed E-state index contributed by atoms with van der Waals surface area (Å²) in [5.74, 6) is 0.626. The van der Waals surface area contributed by atoms with Crippen molar-refractivity contribution in [1.29, 1.82) is 0 Å². The lowest BCUT2D eigenvalue weighted by Crippen LogP contribution is -2.04. The number of nitrogens with zero attached hydrogens (tertiary/aromatic N) is 4. The van der Waals surface area contributed by atoms with Gasteiger partial charge in [0, 0.05) is 27.9 Å². The first-order chi connectivity index (χ1) is 16.4. The third-order valence-electron chi connectivity index (χ3n) is 6.25. The number of aromatic nitrogens is 4. The zero-order valence-electron chi connectivity index (χ0n) is 17.7. The van der Waals surface area contributed by atoms with E-state index < -0.39 is 0 Å². The number of fused-ring (bicyclic) bond motifs is 5. The van der Waals surface area contributed by atoms with Gasteiger partial charge in [0.15, 0.2) is 5.65 Å². The predicted octanol–water partition coefficient (Wildman–Crippen LogP) is 6.94. The summed E-state index contributed by atoms with van der Waals surface area (Å²) in [5, 5.41) is 5.73. The number of benzene rings is 4. The van der Waals surface area contributed by atoms with E-state index in [0.29, 0.717) is 11.6 Å². The maximum Gasteiger partial charge on any atom is 0.237 e. The van der Waals surface area contributed by atoms with Gasteiger partial charge in [-0.1, -0.05) is 72.8 Å². The fourth-order valence-electron chi connectivity index (χ4n) is 4.74. The molecule has 0 unspecified atom stereocenters. The van der Waals surface area contributed by atoms with Crippen molar-refractivity contribution in [2.24, 2.45) is 0 Å². The maximum atomic E-state index is 5.11. The van der Waals surface area contributed by atoms with Gasteiger partial charge in [-0.3, -0.25) is 4.57 Å². The first kappa shape index (κ1) is 18.0. The van der Waals surface area contributed by atoms with E-state index in [4.69, 9.17) is 9.97 Å². The van der Waals surface area contributed by atoms with Crippen LogP contribution in [0.2, 0.25) is 0 Å². The van der Waals surface area contributed by atoms with Gasteiger partial charge in [0.25, 0.3) is 0 Å². The van der Waals surface area contributed by atoms with Crippen molar-refractivity contribution in [1.82, 2.24) is 19.5 Å². The first-order valence-corrected chi connectivity index (χ1v) is 11.0. The van der Waals surface area contributed by atoms with Crippen LogP contribution in [0.1, 0.15) is 0 Å². The molecule has 4 heteroatoms. The molecule has 4 nitrogen and oxygen atoms in total. The van der Waals surface area contributed by atoms with Crippen LogP contribution in [0.3, 0.4) is 0 Å². The Morgan fingerprint density at radius 3 is 2.15 bits per heavy atom. The number of pyridine rings is 1. The topological polar surface area (TPSA) is 43.6 Å². The average Bonchev–Trinajstić information content (AvgIpc) is 3.20. The summed E-state index contributed by atoms with van der Waals surface area (Å²) in [6.07, 6.45) is 1.78. The van der Waals surface area contributed by atoms with Gasteiger partial charge in [0.2, 0.25) is 5.95 Å². The Kier molecular flexibility index (Phi) is 3.81. The summed E-state index contributed by atoms with van der Waals surface area (Å²) >= 11 is 0. The molecule has 7 rings (SSSR count). The van der Waals surface area contributed by atoms with Crippen LogP contribution in [0.5, 0.6) is 0 Å². The van der Waals surface area contributed by atoms with E-state index in [1.807, 2.05) is 30.3 Å². The molecular formula is C29H18N4. The molecule has 0 fully saturated rings. The second kappa shape index (κ2) is 6.97. The van der Waals surface area contributed by atoms with Crippen LogP contribution in [-0.4, -0.2) is 19.5 Å². The molecule has 33 heavy (non-hydrogen) atoms. The lowest BCUT2D eigenvalue weighted by Gasteiger charge is -2.11. The first-order valence-electron chi connectivity index (χ1n) is 11.0. The van der Waals surface area contributed by atoms with Crippen LogP contribution in [0.25, 0.3) is 60.8 Å². The van der Waals surface area contributed by atoms with Gasteiger partial charge in [-0.15, -0.1) is 0 Å². The fraction of sp³-hybridized carbons (Fsp3) is 0. The molecule has 0 bridgehead atoms.